The quantitative estimate of drug-likeness (QED) is 0.597. The SMILES string of the molecule is CCC(C)C(NN)c1c(F)cccc1F. The number of hydrazine groups is 1. The second-order valence-electron chi connectivity index (χ2n) is 3.67. The molecule has 1 rings (SSSR count). The molecule has 0 aliphatic heterocycles. The summed E-state index contributed by atoms with van der Waals surface area (Å²) >= 11 is 0. The summed E-state index contributed by atoms with van der Waals surface area (Å²) in [6, 6.07) is 3.34. The summed E-state index contributed by atoms with van der Waals surface area (Å²) in [6.07, 6.45) is 0.794. The largest absolute Gasteiger partial charge is 0.271 e. The molecular formula is C11H16F2N2. The third-order valence-corrected chi connectivity index (χ3v) is 2.70. The molecule has 0 heterocycles. The first kappa shape index (κ1) is 12.1. The van der Waals surface area contributed by atoms with Crippen molar-refractivity contribution in [2.75, 3.05) is 0 Å². The molecule has 0 fully saturated rings. The number of hydrogen-bond donors (Lipinski definition) is 2. The predicted molar refractivity (Wildman–Crippen MR) is 55.9 cm³/mol. The molecule has 0 bridgehead atoms. The van der Waals surface area contributed by atoms with Crippen molar-refractivity contribution >= 4 is 0 Å². The molecule has 15 heavy (non-hydrogen) atoms. The van der Waals surface area contributed by atoms with Crippen molar-refractivity contribution < 1.29 is 8.78 Å². The van der Waals surface area contributed by atoms with Crippen LogP contribution in [0.15, 0.2) is 18.2 Å². The average Bonchev–Trinajstić information content (AvgIpc) is 2.22. The topological polar surface area (TPSA) is 38.0 Å². The minimum Gasteiger partial charge on any atom is -0.271 e. The summed E-state index contributed by atoms with van der Waals surface area (Å²) < 4.78 is 26.9. The van der Waals surface area contributed by atoms with Gasteiger partial charge in [0.1, 0.15) is 11.6 Å². The van der Waals surface area contributed by atoms with Gasteiger partial charge in [-0.15, -0.1) is 0 Å². The van der Waals surface area contributed by atoms with Crippen LogP contribution in [0.5, 0.6) is 0 Å². The van der Waals surface area contributed by atoms with Crippen molar-refractivity contribution in [3.05, 3.63) is 35.4 Å². The van der Waals surface area contributed by atoms with E-state index in [4.69, 9.17) is 5.84 Å². The Morgan fingerprint density at radius 1 is 1.33 bits per heavy atom. The van der Waals surface area contributed by atoms with E-state index in [1.807, 2.05) is 13.8 Å². The van der Waals surface area contributed by atoms with E-state index in [0.717, 1.165) is 6.42 Å². The summed E-state index contributed by atoms with van der Waals surface area (Å²) in [5.41, 5.74) is 2.49. The Balaban J connectivity index is 3.11. The van der Waals surface area contributed by atoms with E-state index < -0.39 is 17.7 Å². The lowest BCUT2D eigenvalue weighted by Crippen LogP contribution is -2.33. The average molecular weight is 214 g/mol. The van der Waals surface area contributed by atoms with Gasteiger partial charge in [-0.2, -0.15) is 0 Å². The lowest BCUT2D eigenvalue weighted by atomic mass is 9.92. The molecule has 0 aromatic heterocycles. The monoisotopic (exact) mass is 214 g/mol. The van der Waals surface area contributed by atoms with Crippen molar-refractivity contribution in [2.45, 2.75) is 26.3 Å². The molecule has 84 valence electrons. The lowest BCUT2D eigenvalue weighted by Gasteiger charge is -2.23. The third-order valence-electron chi connectivity index (χ3n) is 2.70. The van der Waals surface area contributed by atoms with Gasteiger partial charge in [-0.1, -0.05) is 26.3 Å². The first-order valence-corrected chi connectivity index (χ1v) is 5.01. The highest BCUT2D eigenvalue weighted by Crippen LogP contribution is 2.27. The first-order valence-electron chi connectivity index (χ1n) is 5.01. The van der Waals surface area contributed by atoms with Gasteiger partial charge in [0, 0.05) is 5.56 Å². The van der Waals surface area contributed by atoms with Gasteiger partial charge in [0.2, 0.25) is 0 Å². The molecule has 3 N–H and O–H groups in total. The van der Waals surface area contributed by atoms with E-state index in [2.05, 4.69) is 5.43 Å². The Hall–Kier alpha value is -1.00. The fraction of sp³-hybridized carbons (Fsp3) is 0.455. The van der Waals surface area contributed by atoms with Gasteiger partial charge in [0.15, 0.2) is 0 Å². The number of rotatable bonds is 4. The molecule has 1 aromatic carbocycles. The van der Waals surface area contributed by atoms with E-state index in [-0.39, 0.29) is 11.5 Å². The van der Waals surface area contributed by atoms with Crippen LogP contribution in [0, 0.1) is 17.6 Å². The Morgan fingerprint density at radius 2 is 1.87 bits per heavy atom. The fourth-order valence-electron chi connectivity index (χ4n) is 1.58. The van der Waals surface area contributed by atoms with Crippen molar-refractivity contribution in [3.63, 3.8) is 0 Å². The summed E-state index contributed by atoms with van der Waals surface area (Å²) in [6.45, 7) is 3.85. The Morgan fingerprint density at radius 3 is 2.27 bits per heavy atom. The number of nitrogens with two attached hydrogens (primary N) is 1. The maximum absolute atomic E-state index is 13.4. The molecule has 0 saturated heterocycles. The van der Waals surface area contributed by atoms with Crippen LogP contribution in [-0.4, -0.2) is 0 Å². The molecule has 0 aliphatic carbocycles. The maximum atomic E-state index is 13.4. The van der Waals surface area contributed by atoms with Crippen LogP contribution in [0.2, 0.25) is 0 Å². The molecule has 0 saturated carbocycles. The van der Waals surface area contributed by atoms with E-state index in [1.165, 1.54) is 18.2 Å². The highest BCUT2D eigenvalue weighted by molar-refractivity contribution is 5.23. The molecule has 0 radical (unpaired) electrons. The van der Waals surface area contributed by atoms with E-state index >= 15 is 0 Å². The fourth-order valence-corrected chi connectivity index (χ4v) is 1.58. The van der Waals surface area contributed by atoms with Crippen LogP contribution in [0.4, 0.5) is 8.78 Å². The van der Waals surface area contributed by atoms with Crippen LogP contribution in [0.3, 0.4) is 0 Å². The second-order valence-corrected chi connectivity index (χ2v) is 3.67. The van der Waals surface area contributed by atoms with Gasteiger partial charge in [0.25, 0.3) is 0 Å². The van der Waals surface area contributed by atoms with Gasteiger partial charge in [-0.3, -0.25) is 11.3 Å². The molecule has 0 spiro atoms. The van der Waals surface area contributed by atoms with Crippen molar-refractivity contribution in [1.82, 2.24) is 5.43 Å². The van der Waals surface area contributed by atoms with Crippen LogP contribution < -0.4 is 11.3 Å². The Labute approximate surface area is 88.4 Å². The van der Waals surface area contributed by atoms with Gasteiger partial charge < -0.3 is 0 Å². The van der Waals surface area contributed by atoms with Gasteiger partial charge in [0.05, 0.1) is 6.04 Å². The summed E-state index contributed by atoms with van der Waals surface area (Å²) in [5.74, 6) is 4.29. The van der Waals surface area contributed by atoms with Gasteiger partial charge in [-0.25, -0.2) is 8.78 Å². The third kappa shape index (κ3) is 2.52. The standard InChI is InChI=1S/C11H16F2N2/c1-3-7(2)11(15-14)10-8(12)5-4-6-9(10)13/h4-7,11,15H,3,14H2,1-2H3. The van der Waals surface area contributed by atoms with Crippen LogP contribution in [0.1, 0.15) is 31.9 Å². The highest BCUT2D eigenvalue weighted by Gasteiger charge is 2.23. The van der Waals surface area contributed by atoms with E-state index in [0.29, 0.717) is 0 Å². The normalized spacial score (nSPS) is 15.0. The molecule has 0 aliphatic rings. The predicted octanol–water partition coefficient (Wildman–Crippen LogP) is 2.52. The number of benzene rings is 1. The molecule has 0 amide bonds. The summed E-state index contributed by atoms with van der Waals surface area (Å²) in [7, 11) is 0. The Bertz CT molecular complexity index is 308. The van der Waals surface area contributed by atoms with Crippen LogP contribution in [0.25, 0.3) is 0 Å². The number of halogens is 2. The van der Waals surface area contributed by atoms with Crippen molar-refractivity contribution in [3.8, 4) is 0 Å². The zero-order valence-corrected chi connectivity index (χ0v) is 8.93. The molecule has 2 atom stereocenters. The van der Waals surface area contributed by atoms with Gasteiger partial charge >= 0.3 is 0 Å². The van der Waals surface area contributed by atoms with E-state index in [1.54, 1.807) is 0 Å². The first-order chi connectivity index (χ1) is 7.11. The smallest absolute Gasteiger partial charge is 0.130 e. The van der Waals surface area contributed by atoms with Crippen molar-refractivity contribution in [2.24, 2.45) is 11.8 Å². The zero-order chi connectivity index (χ0) is 11.4. The van der Waals surface area contributed by atoms with E-state index in [9.17, 15) is 8.78 Å². The molecule has 2 nitrogen and oxygen atoms in total. The van der Waals surface area contributed by atoms with Crippen molar-refractivity contribution in [1.29, 1.82) is 0 Å². The summed E-state index contributed by atoms with van der Waals surface area (Å²) in [4.78, 5) is 0. The second kappa shape index (κ2) is 5.19. The van der Waals surface area contributed by atoms with Crippen LogP contribution in [-0.2, 0) is 0 Å². The molecule has 2 unspecified atom stereocenters. The maximum Gasteiger partial charge on any atom is 0.130 e. The Kier molecular flexibility index (Phi) is 4.17. The molecule has 1 aromatic rings. The number of hydrogen-bond acceptors (Lipinski definition) is 2. The number of nitrogens with one attached hydrogen (secondary N) is 1. The molecular weight excluding hydrogens is 198 g/mol. The van der Waals surface area contributed by atoms with Gasteiger partial charge in [-0.05, 0) is 18.1 Å². The zero-order valence-electron chi connectivity index (χ0n) is 8.93. The molecule has 4 heteroatoms. The highest BCUT2D eigenvalue weighted by atomic mass is 19.1. The summed E-state index contributed by atoms with van der Waals surface area (Å²) in [5, 5.41) is 0. The lowest BCUT2D eigenvalue weighted by molar-refractivity contribution is 0.357. The minimum absolute atomic E-state index is 0.0225. The minimum atomic E-state index is -0.557. The van der Waals surface area contributed by atoms with Crippen LogP contribution >= 0.6 is 0 Å².